The second-order valence-electron chi connectivity index (χ2n) is 12.2. The van der Waals surface area contributed by atoms with Crippen molar-refractivity contribution in [3.05, 3.63) is 58.7 Å². The molecule has 2 aliphatic heterocycles. The highest BCUT2D eigenvalue weighted by molar-refractivity contribution is 6.08. The van der Waals surface area contributed by atoms with Crippen molar-refractivity contribution in [2.45, 2.75) is 30.7 Å². The highest BCUT2D eigenvalue weighted by Gasteiger charge is 2.53. The lowest BCUT2D eigenvalue weighted by atomic mass is 9.92. The number of hydrogen-bond donors (Lipinski definition) is 12. The van der Waals surface area contributed by atoms with Crippen LogP contribution in [0.15, 0.2) is 36.4 Å². The largest absolute Gasteiger partial charge is 0.504 e. The molecule has 12 N–H and O–H groups in total. The van der Waals surface area contributed by atoms with Gasteiger partial charge in [0.25, 0.3) is 0 Å². The molecule has 0 saturated carbocycles. The molecule has 22 nitrogen and oxygen atoms in total. The molecule has 2 heterocycles. The van der Waals surface area contributed by atoms with Crippen LogP contribution in [-0.4, -0.2) is 130 Å². The minimum Gasteiger partial charge on any atom is -0.504 e. The normalized spacial score (nSPS) is 20.4. The second-order valence-corrected chi connectivity index (χ2v) is 12.2. The zero-order valence-electron chi connectivity index (χ0n) is 28.5. The Morgan fingerprint density at radius 2 is 1.09 bits per heavy atom. The van der Waals surface area contributed by atoms with E-state index in [1.165, 1.54) is 0 Å². The third kappa shape index (κ3) is 6.80. The standard InChI is InChI=1S/C35H28O22/c1-52-18-5-10(4-15(38)23(18)42)31(48)56-30-28(47)35(57-32(49)9-2-13(36)22(41)14(37)3-9)54-19-8-53-33(50)11-6-16(39)24(43)26(45)20(11)21-12(34(51)55-29(19)30)7-17(40)25(44)27(21)46/h2-7,19,28-30,35-47H,8H2,1H3. The van der Waals surface area contributed by atoms with Crippen LogP contribution in [0.25, 0.3) is 11.1 Å². The van der Waals surface area contributed by atoms with Crippen molar-refractivity contribution in [3.63, 3.8) is 0 Å². The number of aromatic hydroxyl groups is 11. The van der Waals surface area contributed by atoms with Gasteiger partial charge in [-0.3, -0.25) is 0 Å². The topological polar surface area (TPSA) is 366 Å². The number of fused-ring (bicyclic) bond motifs is 4. The average molecular weight is 801 g/mol. The Bertz CT molecular complexity index is 2330. The van der Waals surface area contributed by atoms with E-state index in [1.807, 2.05) is 0 Å². The van der Waals surface area contributed by atoms with Gasteiger partial charge in [-0.05, 0) is 36.4 Å². The summed E-state index contributed by atoms with van der Waals surface area (Å²) in [6, 6.07) is 3.90. The molecular formula is C35H28O22. The zero-order chi connectivity index (χ0) is 41.8. The van der Waals surface area contributed by atoms with E-state index in [4.69, 9.17) is 28.4 Å². The van der Waals surface area contributed by atoms with Crippen LogP contribution in [0.1, 0.15) is 41.4 Å². The number of phenols is 11. The van der Waals surface area contributed by atoms with Crippen LogP contribution in [0.5, 0.6) is 69.0 Å². The monoisotopic (exact) mass is 800 g/mol. The summed E-state index contributed by atoms with van der Waals surface area (Å²) >= 11 is 0. The van der Waals surface area contributed by atoms with Gasteiger partial charge in [0, 0.05) is 11.1 Å². The lowest BCUT2D eigenvalue weighted by molar-refractivity contribution is -0.283. The lowest BCUT2D eigenvalue weighted by Crippen LogP contribution is -2.62. The number of aliphatic hydroxyl groups is 1. The van der Waals surface area contributed by atoms with Crippen molar-refractivity contribution >= 4 is 23.9 Å². The molecule has 57 heavy (non-hydrogen) atoms. The Morgan fingerprint density at radius 1 is 0.614 bits per heavy atom. The van der Waals surface area contributed by atoms with E-state index in [0.717, 1.165) is 13.2 Å². The smallest absolute Gasteiger partial charge is 0.340 e. The van der Waals surface area contributed by atoms with Gasteiger partial charge in [-0.25, -0.2) is 19.2 Å². The van der Waals surface area contributed by atoms with Crippen LogP contribution in [0.2, 0.25) is 0 Å². The molecule has 5 unspecified atom stereocenters. The number of ether oxygens (including phenoxy) is 6. The summed E-state index contributed by atoms with van der Waals surface area (Å²) in [4.78, 5) is 54.3. The molecular weight excluding hydrogens is 772 g/mol. The summed E-state index contributed by atoms with van der Waals surface area (Å²) in [6.45, 7) is -1.10. The van der Waals surface area contributed by atoms with E-state index in [-0.39, 0.29) is 0 Å². The summed E-state index contributed by atoms with van der Waals surface area (Å²) in [5, 5.41) is 124. The number of cyclic esters (lactones) is 1. The maximum absolute atomic E-state index is 14.0. The van der Waals surface area contributed by atoms with Crippen molar-refractivity contribution in [1.29, 1.82) is 0 Å². The molecule has 4 aromatic rings. The van der Waals surface area contributed by atoms with Gasteiger partial charge >= 0.3 is 23.9 Å². The molecule has 5 atom stereocenters. The van der Waals surface area contributed by atoms with Gasteiger partial charge in [-0.15, -0.1) is 0 Å². The van der Waals surface area contributed by atoms with Gasteiger partial charge in [-0.2, -0.15) is 0 Å². The number of esters is 4. The molecule has 0 aromatic heterocycles. The Hall–Kier alpha value is -7.72. The molecule has 0 bridgehead atoms. The Labute approximate surface area is 315 Å². The fourth-order valence-electron chi connectivity index (χ4n) is 5.90. The van der Waals surface area contributed by atoms with E-state index in [1.54, 1.807) is 0 Å². The fourth-order valence-corrected chi connectivity index (χ4v) is 5.90. The molecule has 2 aliphatic rings. The molecule has 0 amide bonds. The van der Waals surface area contributed by atoms with E-state index >= 15 is 0 Å². The maximum atomic E-state index is 14.0. The van der Waals surface area contributed by atoms with Gasteiger partial charge in [0.2, 0.25) is 23.5 Å². The molecule has 0 aliphatic carbocycles. The number of methoxy groups -OCH3 is 1. The maximum Gasteiger partial charge on any atom is 0.340 e. The molecule has 6 rings (SSSR count). The minimum atomic E-state index is -2.39. The Balaban J connectivity index is 1.49. The Kier molecular flexibility index (Phi) is 9.92. The molecule has 22 heteroatoms. The Morgan fingerprint density at radius 3 is 1.63 bits per heavy atom. The van der Waals surface area contributed by atoms with Crippen LogP contribution in [0.4, 0.5) is 0 Å². The fraction of sp³-hybridized carbons (Fsp3) is 0.200. The van der Waals surface area contributed by atoms with Crippen LogP contribution in [-0.2, 0) is 23.7 Å². The molecule has 0 radical (unpaired) electrons. The summed E-state index contributed by atoms with van der Waals surface area (Å²) in [5.74, 6) is -18.8. The number of carbonyl (C=O) groups is 4. The third-order valence-corrected chi connectivity index (χ3v) is 8.72. The SMILES string of the molecule is COc1cc(C(=O)OC2C(O)C(OC(=O)c3cc(O)c(O)c(O)c3)OC3COC(=O)c4cc(O)c(O)c(O)c4-c4c(cc(O)c(O)c4O)C(=O)OC32)cc(O)c1O. The van der Waals surface area contributed by atoms with Gasteiger partial charge < -0.3 is 89.7 Å². The number of rotatable bonds is 5. The van der Waals surface area contributed by atoms with Crippen LogP contribution < -0.4 is 4.74 Å². The lowest BCUT2D eigenvalue weighted by Gasteiger charge is -2.42. The number of aliphatic hydroxyl groups excluding tert-OH is 1. The number of phenolic OH excluding ortho intramolecular Hbond substituents is 11. The van der Waals surface area contributed by atoms with Crippen molar-refractivity contribution < 1.29 is 109 Å². The quantitative estimate of drug-likeness (QED) is 0.0760. The summed E-state index contributed by atoms with van der Waals surface area (Å²) in [5.41, 5.74) is -5.00. The molecule has 1 saturated heterocycles. The van der Waals surface area contributed by atoms with Crippen LogP contribution >= 0.6 is 0 Å². The highest BCUT2D eigenvalue weighted by atomic mass is 16.7. The first-order chi connectivity index (χ1) is 26.8. The van der Waals surface area contributed by atoms with Gasteiger partial charge in [0.05, 0.1) is 29.4 Å². The number of benzene rings is 4. The molecule has 4 aromatic carbocycles. The van der Waals surface area contributed by atoms with Gasteiger partial charge in [0.15, 0.2) is 70.1 Å². The van der Waals surface area contributed by atoms with E-state index in [9.17, 15) is 80.5 Å². The molecule has 300 valence electrons. The zero-order valence-corrected chi connectivity index (χ0v) is 28.5. The highest BCUT2D eigenvalue weighted by Crippen LogP contribution is 2.53. The second kappa shape index (κ2) is 14.5. The van der Waals surface area contributed by atoms with Crippen molar-refractivity contribution in [2.24, 2.45) is 0 Å². The summed E-state index contributed by atoms with van der Waals surface area (Å²) in [7, 11) is 1.07. The van der Waals surface area contributed by atoms with E-state index < -0.39 is 164 Å². The summed E-state index contributed by atoms with van der Waals surface area (Å²) in [6.07, 6.45) is -11.0. The van der Waals surface area contributed by atoms with Gasteiger partial charge in [0.1, 0.15) is 12.7 Å². The number of carbonyl (C=O) groups excluding carboxylic acids is 4. The van der Waals surface area contributed by atoms with Crippen molar-refractivity contribution in [3.8, 4) is 80.1 Å². The molecule has 0 spiro atoms. The number of hydrogen-bond acceptors (Lipinski definition) is 22. The predicted octanol–water partition coefficient (Wildman–Crippen LogP) is 0.988. The van der Waals surface area contributed by atoms with Crippen molar-refractivity contribution in [2.75, 3.05) is 13.7 Å². The first kappa shape index (κ1) is 39.0. The average Bonchev–Trinajstić information content (AvgIpc) is 3.18. The molecule has 1 fully saturated rings. The summed E-state index contributed by atoms with van der Waals surface area (Å²) < 4.78 is 32.1. The van der Waals surface area contributed by atoms with Crippen molar-refractivity contribution in [1.82, 2.24) is 0 Å². The van der Waals surface area contributed by atoms with Crippen LogP contribution in [0, 0.1) is 0 Å². The predicted molar refractivity (Wildman–Crippen MR) is 178 cm³/mol. The van der Waals surface area contributed by atoms with Crippen LogP contribution in [0.3, 0.4) is 0 Å². The van der Waals surface area contributed by atoms with E-state index in [2.05, 4.69) is 0 Å². The van der Waals surface area contributed by atoms with Gasteiger partial charge in [-0.1, -0.05) is 0 Å². The first-order valence-corrected chi connectivity index (χ1v) is 15.9. The third-order valence-electron chi connectivity index (χ3n) is 8.72. The first-order valence-electron chi connectivity index (χ1n) is 15.9. The van der Waals surface area contributed by atoms with E-state index in [0.29, 0.717) is 30.3 Å². The minimum absolute atomic E-state index is 0.438.